The topological polar surface area (TPSA) is 179 Å². The van der Waals surface area contributed by atoms with Crippen LogP contribution in [0.4, 0.5) is 0 Å². The van der Waals surface area contributed by atoms with Crippen LogP contribution in [0.15, 0.2) is 35.9 Å². The molecule has 8 N–H and O–H groups in total. The van der Waals surface area contributed by atoms with Gasteiger partial charge < -0.3 is 32.2 Å². The molecule has 0 radical (unpaired) electrons. The van der Waals surface area contributed by atoms with E-state index in [4.69, 9.17) is 15.9 Å². The number of methoxy groups -OCH3 is 1. The summed E-state index contributed by atoms with van der Waals surface area (Å²) >= 11 is 0. The van der Waals surface area contributed by atoms with Crippen molar-refractivity contribution < 1.29 is 46.4 Å². The predicted molar refractivity (Wildman–Crippen MR) is 81.1 cm³/mol. The van der Waals surface area contributed by atoms with E-state index in [0.29, 0.717) is 0 Å². The molecule has 0 fully saturated rings. The average molecular weight is 373 g/mol. The van der Waals surface area contributed by atoms with Crippen molar-refractivity contribution in [3.05, 3.63) is 35.9 Å². The molecule has 10 heteroatoms. The summed E-state index contributed by atoms with van der Waals surface area (Å²) < 4.78 is 4.48. The summed E-state index contributed by atoms with van der Waals surface area (Å²) in [5.41, 5.74) is 14.5. The quantitative estimate of drug-likeness (QED) is 0.255. The summed E-state index contributed by atoms with van der Waals surface area (Å²) in [7, 11) is 1.41. The average Bonchev–Trinajstić information content (AvgIpc) is 2.25. The van der Waals surface area contributed by atoms with Crippen molar-refractivity contribution in [1.29, 1.82) is 0 Å². The van der Waals surface area contributed by atoms with Gasteiger partial charge in [-0.25, -0.2) is 0 Å². The van der Waals surface area contributed by atoms with Crippen molar-refractivity contribution in [2.75, 3.05) is 7.11 Å². The molecule has 0 saturated heterocycles. The van der Waals surface area contributed by atoms with Crippen LogP contribution < -0.4 is 17.2 Å². The Hall–Kier alpha value is -2.45. The standard InChI is InChI=1S/C5H9NO2.2C4H7NO2.Fe/c1-4(7)3-5(6)8-2;2*1-3(6)2-4(5)7;/h3H,6H2,1-2H3;2*2,7H,5H2,1H3;/b5-3-;;;. The molecule has 0 amide bonds. The first kappa shape index (κ1) is 28.7. The van der Waals surface area contributed by atoms with Crippen LogP contribution in [0.1, 0.15) is 20.8 Å². The summed E-state index contributed by atoms with van der Waals surface area (Å²) in [6.45, 7) is 4.03. The molecule has 9 nitrogen and oxygen atoms in total. The van der Waals surface area contributed by atoms with Gasteiger partial charge in [-0.2, -0.15) is 0 Å². The van der Waals surface area contributed by atoms with Crippen LogP contribution >= 0.6 is 0 Å². The number of carbonyl (C=O) groups excluding carboxylic acids is 3. The van der Waals surface area contributed by atoms with Crippen LogP contribution in [-0.2, 0) is 36.2 Å². The van der Waals surface area contributed by atoms with E-state index in [-0.39, 0.29) is 40.3 Å². The number of ketones is 3. The minimum Gasteiger partial charge on any atom is -0.495 e. The fourth-order valence-electron chi connectivity index (χ4n) is 0.676. The summed E-state index contributed by atoms with van der Waals surface area (Å²) in [6.07, 6.45) is 3.11. The van der Waals surface area contributed by atoms with E-state index in [1.165, 1.54) is 34.0 Å². The Bertz CT molecular complexity index is 436. The van der Waals surface area contributed by atoms with Crippen molar-refractivity contribution in [1.82, 2.24) is 0 Å². The Morgan fingerprint density at radius 2 is 1.04 bits per heavy atom. The molecule has 134 valence electrons. The van der Waals surface area contributed by atoms with Gasteiger partial charge in [0, 0.05) is 35.3 Å². The Morgan fingerprint density at radius 1 is 0.783 bits per heavy atom. The van der Waals surface area contributed by atoms with Crippen molar-refractivity contribution >= 4 is 17.3 Å². The van der Waals surface area contributed by atoms with Gasteiger partial charge in [-0.3, -0.25) is 14.4 Å². The third-order valence-corrected chi connectivity index (χ3v) is 1.28. The van der Waals surface area contributed by atoms with E-state index in [1.807, 2.05) is 0 Å². The van der Waals surface area contributed by atoms with Gasteiger partial charge in [0.15, 0.2) is 35.0 Å². The molecule has 0 aromatic heterocycles. The molecular weight excluding hydrogens is 350 g/mol. The minimum atomic E-state index is -0.437. The molecule has 0 bridgehead atoms. The minimum absolute atomic E-state index is 0. The second-order valence-electron chi connectivity index (χ2n) is 3.72. The van der Waals surface area contributed by atoms with Gasteiger partial charge in [-0.1, -0.05) is 0 Å². The van der Waals surface area contributed by atoms with Gasteiger partial charge in [0.2, 0.25) is 0 Å². The molecule has 0 spiro atoms. The van der Waals surface area contributed by atoms with Gasteiger partial charge in [-0.05, 0) is 20.8 Å². The molecule has 0 aliphatic rings. The number of aliphatic hydroxyl groups excluding tert-OH is 2. The van der Waals surface area contributed by atoms with E-state index in [9.17, 15) is 14.4 Å². The summed E-state index contributed by atoms with van der Waals surface area (Å²) in [5.74, 6) is -1.33. The maximum atomic E-state index is 10.2. The maximum absolute atomic E-state index is 10.2. The first-order valence-corrected chi connectivity index (χ1v) is 5.77. The van der Waals surface area contributed by atoms with Crippen LogP contribution in [0.2, 0.25) is 0 Å². The molecule has 0 aliphatic heterocycles. The van der Waals surface area contributed by atoms with Crippen molar-refractivity contribution in [3.8, 4) is 0 Å². The second-order valence-corrected chi connectivity index (χ2v) is 3.72. The van der Waals surface area contributed by atoms with Gasteiger partial charge in [-0.15, -0.1) is 0 Å². The third kappa shape index (κ3) is 45.1. The number of carbonyl (C=O) groups is 3. The van der Waals surface area contributed by atoms with Crippen LogP contribution in [0, 0.1) is 0 Å². The number of allylic oxidation sites excluding steroid dienone is 3. The Morgan fingerprint density at radius 3 is 1.09 bits per heavy atom. The summed E-state index contributed by atoms with van der Waals surface area (Å²) in [5, 5.41) is 16.3. The number of rotatable bonds is 4. The maximum Gasteiger partial charge on any atom is 0.187 e. The fourth-order valence-corrected chi connectivity index (χ4v) is 0.676. The number of nitrogens with two attached hydrogens (primary N) is 3. The van der Waals surface area contributed by atoms with Crippen LogP contribution in [0.25, 0.3) is 0 Å². The summed E-state index contributed by atoms with van der Waals surface area (Å²) in [6, 6.07) is 0. The van der Waals surface area contributed by atoms with E-state index >= 15 is 0 Å². The Labute approximate surface area is 145 Å². The molecular formula is C13H23FeN3O6. The molecule has 23 heavy (non-hydrogen) atoms. The monoisotopic (exact) mass is 373 g/mol. The van der Waals surface area contributed by atoms with Crippen LogP contribution in [-0.4, -0.2) is 34.7 Å². The third-order valence-electron chi connectivity index (χ3n) is 1.28. The zero-order valence-electron chi connectivity index (χ0n) is 13.3. The van der Waals surface area contributed by atoms with Gasteiger partial charge in [0.1, 0.15) is 0 Å². The van der Waals surface area contributed by atoms with Crippen LogP contribution in [0.3, 0.4) is 0 Å². The molecule has 0 heterocycles. The van der Waals surface area contributed by atoms with E-state index in [0.717, 1.165) is 12.2 Å². The normalized spacial score (nSPS) is 10.7. The van der Waals surface area contributed by atoms with E-state index in [1.54, 1.807) is 0 Å². The van der Waals surface area contributed by atoms with Crippen molar-refractivity contribution in [2.45, 2.75) is 20.8 Å². The zero-order chi connectivity index (χ0) is 18.3. The van der Waals surface area contributed by atoms with Gasteiger partial charge >= 0.3 is 0 Å². The molecule has 0 atom stereocenters. The number of ether oxygens (including phenoxy) is 1. The summed E-state index contributed by atoms with van der Waals surface area (Å²) in [4.78, 5) is 30.1. The SMILES string of the molecule is CC(=O)C=C(N)O.CC(=O)C=C(N)O.CO/C(N)=C\C(C)=O.[Fe]. The number of aliphatic hydroxyl groups is 2. The van der Waals surface area contributed by atoms with E-state index in [2.05, 4.69) is 16.2 Å². The molecule has 0 aromatic carbocycles. The molecule has 0 rings (SSSR count). The largest absolute Gasteiger partial charge is 0.495 e. The van der Waals surface area contributed by atoms with Gasteiger partial charge in [0.25, 0.3) is 0 Å². The predicted octanol–water partition coefficient (Wildman–Crippen LogP) is -0.114. The molecule has 0 aromatic rings. The van der Waals surface area contributed by atoms with E-state index < -0.39 is 11.8 Å². The van der Waals surface area contributed by atoms with Crippen molar-refractivity contribution in [3.63, 3.8) is 0 Å². The Balaban J connectivity index is -0.000000116. The zero-order valence-corrected chi connectivity index (χ0v) is 14.4. The molecule has 0 saturated carbocycles. The first-order chi connectivity index (χ1) is 9.92. The fraction of sp³-hybridized carbons (Fsp3) is 0.308. The number of hydrogen-bond acceptors (Lipinski definition) is 9. The van der Waals surface area contributed by atoms with Crippen molar-refractivity contribution in [2.24, 2.45) is 17.2 Å². The number of hydrogen-bond donors (Lipinski definition) is 5. The molecule has 0 aliphatic carbocycles. The molecule has 0 unspecified atom stereocenters. The Kier molecular flexibility index (Phi) is 21.9. The van der Waals surface area contributed by atoms with Crippen LogP contribution in [0.5, 0.6) is 0 Å². The smallest absolute Gasteiger partial charge is 0.187 e. The van der Waals surface area contributed by atoms with Gasteiger partial charge in [0.05, 0.1) is 7.11 Å². The first-order valence-electron chi connectivity index (χ1n) is 5.77. The second kappa shape index (κ2) is 17.6.